The number of rotatable bonds is 7. The molecular weight excluding hydrogens is 230 g/mol. The summed E-state index contributed by atoms with van der Waals surface area (Å²) in [5, 5.41) is 9.57. The first-order chi connectivity index (χ1) is 8.66. The molecule has 1 N–H and O–H groups in total. The lowest BCUT2D eigenvalue weighted by molar-refractivity contribution is -0.156. The fourth-order valence-electron chi connectivity index (χ4n) is 2.85. The third kappa shape index (κ3) is 3.45. The quantitative estimate of drug-likeness (QED) is 0.756. The van der Waals surface area contributed by atoms with Gasteiger partial charge in [0.25, 0.3) is 0 Å². The monoisotopic (exact) mass is 255 g/mol. The van der Waals surface area contributed by atoms with Gasteiger partial charge in [0.2, 0.25) is 0 Å². The van der Waals surface area contributed by atoms with Crippen LogP contribution >= 0.6 is 0 Å². The molecule has 1 aliphatic heterocycles. The van der Waals surface area contributed by atoms with E-state index in [4.69, 9.17) is 4.74 Å². The van der Waals surface area contributed by atoms with Crippen molar-refractivity contribution >= 4 is 5.97 Å². The molecule has 0 bridgehead atoms. The maximum Gasteiger partial charge on any atom is 0.311 e. The van der Waals surface area contributed by atoms with Gasteiger partial charge in [-0.3, -0.25) is 4.79 Å². The molecule has 0 unspecified atom stereocenters. The Morgan fingerprint density at radius 1 is 1.39 bits per heavy atom. The van der Waals surface area contributed by atoms with Gasteiger partial charge in [-0.05, 0) is 44.6 Å². The van der Waals surface area contributed by atoms with Crippen LogP contribution in [-0.2, 0) is 9.53 Å². The predicted molar refractivity (Wildman–Crippen MR) is 69.6 cm³/mol. The van der Waals surface area contributed by atoms with Crippen LogP contribution in [0.25, 0.3) is 0 Å². The third-order valence-corrected chi connectivity index (χ3v) is 4.18. The normalized spacial score (nSPS) is 23.2. The molecule has 104 valence electrons. The molecule has 0 aromatic carbocycles. The van der Waals surface area contributed by atoms with Gasteiger partial charge in [0.15, 0.2) is 0 Å². The van der Waals surface area contributed by atoms with E-state index in [9.17, 15) is 9.90 Å². The van der Waals surface area contributed by atoms with Crippen LogP contribution in [0.2, 0.25) is 0 Å². The molecule has 4 nitrogen and oxygen atoms in total. The van der Waals surface area contributed by atoms with E-state index in [-0.39, 0.29) is 0 Å². The Kier molecular flexibility index (Phi) is 4.62. The lowest BCUT2D eigenvalue weighted by atomic mass is 9.79. The first-order valence-corrected chi connectivity index (χ1v) is 7.20. The topological polar surface area (TPSA) is 49.8 Å². The molecule has 0 aromatic rings. The molecule has 1 aliphatic carbocycles. The van der Waals surface area contributed by atoms with Crippen LogP contribution in [0, 0.1) is 11.3 Å². The first kappa shape index (κ1) is 13.8. The van der Waals surface area contributed by atoms with Gasteiger partial charge in [0.05, 0.1) is 5.41 Å². The number of hydrogen-bond donors (Lipinski definition) is 1. The number of carboxylic acid groups (broad SMARTS) is 1. The Labute approximate surface area is 109 Å². The van der Waals surface area contributed by atoms with E-state index in [1.165, 1.54) is 12.8 Å². The van der Waals surface area contributed by atoms with E-state index >= 15 is 0 Å². The second-order valence-corrected chi connectivity index (χ2v) is 5.88. The van der Waals surface area contributed by atoms with Crippen molar-refractivity contribution in [2.45, 2.75) is 39.0 Å². The second kappa shape index (κ2) is 6.02. The number of hydrogen-bond acceptors (Lipinski definition) is 3. The lowest BCUT2D eigenvalue weighted by Gasteiger charge is -2.37. The molecule has 0 spiro atoms. The molecular formula is C14H25NO3. The van der Waals surface area contributed by atoms with Gasteiger partial charge < -0.3 is 14.7 Å². The number of nitrogens with zero attached hydrogens (tertiary/aromatic N) is 1. The maximum atomic E-state index is 11.6. The highest BCUT2D eigenvalue weighted by atomic mass is 16.5. The number of carbonyl (C=O) groups is 1. The summed E-state index contributed by atoms with van der Waals surface area (Å²) in [6, 6.07) is 0. The van der Waals surface area contributed by atoms with E-state index in [0.29, 0.717) is 32.6 Å². The molecule has 0 amide bonds. The van der Waals surface area contributed by atoms with Gasteiger partial charge in [0.1, 0.15) is 0 Å². The zero-order valence-electron chi connectivity index (χ0n) is 11.4. The SMILES string of the molecule is CCCN(CC1CC1)CC1(C(=O)O)CCOCC1. The molecule has 2 aliphatic rings. The smallest absolute Gasteiger partial charge is 0.311 e. The molecule has 0 atom stereocenters. The van der Waals surface area contributed by atoms with Crippen molar-refractivity contribution in [3.63, 3.8) is 0 Å². The van der Waals surface area contributed by atoms with Gasteiger partial charge in [-0.1, -0.05) is 6.92 Å². The summed E-state index contributed by atoms with van der Waals surface area (Å²) in [6.07, 6.45) is 5.06. The lowest BCUT2D eigenvalue weighted by Crippen LogP contribution is -2.47. The number of ether oxygens (including phenoxy) is 1. The Hall–Kier alpha value is -0.610. The van der Waals surface area contributed by atoms with Crippen molar-refractivity contribution < 1.29 is 14.6 Å². The fraction of sp³-hybridized carbons (Fsp3) is 0.929. The van der Waals surface area contributed by atoms with Crippen LogP contribution in [0.15, 0.2) is 0 Å². The summed E-state index contributed by atoms with van der Waals surface area (Å²) in [5.41, 5.74) is -0.567. The molecule has 4 heteroatoms. The van der Waals surface area contributed by atoms with Gasteiger partial charge in [-0.2, -0.15) is 0 Å². The average molecular weight is 255 g/mol. The second-order valence-electron chi connectivity index (χ2n) is 5.88. The van der Waals surface area contributed by atoms with Gasteiger partial charge in [-0.15, -0.1) is 0 Å². The molecule has 0 radical (unpaired) electrons. The average Bonchev–Trinajstić information content (AvgIpc) is 3.14. The zero-order chi connectivity index (χ0) is 13.0. The van der Waals surface area contributed by atoms with Crippen molar-refractivity contribution in [3.05, 3.63) is 0 Å². The van der Waals surface area contributed by atoms with E-state index in [1.807, 2.05) is 0 Å². The van der Waals surface area contributed by atoms with E-state index in [2.05, 4.69) is 11.8 Å². The predicted octanol–water partition coefficient (Wildman–Crippen LogP) is 1.99. The zero-order valence-corrected chi connectivity index (χ0v) is 11.4. The molecule has 18 heavy (non-hydrogen) atoms. The van der Waals surface area contributed by atoms with Gasteiger partial charge in [0, 0.05) is 26.3 Å². The van der Waals surface area contributed by atoms with Crippen LogP contribution in [0.5, 0.6) is 0 Å². The fourth-order valence-corrected chi connectivity index (χ4v) is 2.85. The Morgan fingerprint density at radius 3 is 2.56 bits per heavy atom. The standard InChI is InChI=1S/C14H25NO3/c1-2-7-15(10-12-3-4-12)11-14(13(16)17)5-8-18-9-6-14/h12H,2-11H2,1H3,(H,16,17). The van der Waals surface area contributed by atoms with Crippen molar-refractivity contribution in [2.75, 3.05) is 32.8 Å². The molecule has 1 heterocycles. The van der Waals surface area contributed by atoms with Crippen LogP contribution < -0.4 is 0 Å². The van der Waals surface area contributed by atoms with Crippen molar-refractivity contribution in [1.29, 1.82) is 0 Å². The largest absolute Gasteiger partial charge is 0.481 e. The highest BCUT2D eigenvalue weighted by Crippen LogP contribution is 2.35. The Morgan fingerprint density at radius 2 is 2.06 bits per heavy atom. The minimum absolute atomic E-state index is 0.567. The van der Waals surface area contributed by atoms with E-state index in [1.54, 1.807) is 0 Å². The van der Waals surface area contributed by atoms with E-state index < -0.39 is 11.4 Å². The molecule has 2 rings (SSSR count). The van der Waals surface area contributed by atoms with E-state index in [0.717, 1.165) is 25.4 Å². The highest BCUT2D eigenvalue weighted by molar-refractivity contribution is 5.75. The number of carboxylic acids is 1. The summed E-state index contributed by atoms with van der Waals surface area (Å²) in [7, 11) is 0. The minimum Gasteiger partial charge on any atom is -0.481 e. The van der Waals surface area contributed by atoms with Gasteiger partial charge in [-0.25, -0.2) is 0 Å². The highest BCUT2D eigenvalue weighted by Gasteiger charge is 2.42. The first-order valence-electron chi connectivity index (χ1n) is 7.20. The molecule has 1 saturated carbocycles. The van der Waals surface area contributed by atoms with Crippen LogP contribution in [-0.4, -0.2) is 48.8 Å². The van der Waals surface area contributed by atoms with Crippen molar-refractivity contribution in [2.24, 2.45) is 11.3 Å². The summed E-state index contributed by atoms with van der Waals surface area (Å²) in [6.45, 7) is 6.16. The maximum absolute atomic E-state index is 11.6. The summed E-state index contributed by atoms with van der Waals surface area (Å²) in [5.74, 6) is 0.185. The van der Waals surface area contributed by atoms with Crippen LogP contribution in [0.3, 0.4) is 0 Å². The van der Waals surface area contributed by atoms with Crippen molar-refractivity contribution in [3.8, 4) is 0 Å². The van der Waals surface area contributed by atoms with Crippen molar-refractivity contribution in [1.82, 2.24) is 4.90 Å². The Balaban J connectivity index is 1.97. The molecule has 2 fully saturated rings. The van der Waals surface area contributed by atoms with Crippen LogP contribution in [0.1, 0.15) is 39.0 Å². The van der Waals surface area contributed by atoms with Gasteiger partial charge >= 0.3 is 5.97 Å². The summed E-state index contributed by atoms with van der Waals surface area (Å²) >= 11 is 0. The van der Waals surface area contributed by atoms with Crippen LogP contribution in [0.4, 0.5) is 0 Å². The summed E-state index contributed by atoms with van der Waals surface area (Å²) < 4.78 is 5.33. The molecule has 1 saturated heterocycles. The minimum atomic E-state index is -0.636. The third-order valence-electron chi connectivity index (χ3n) is 4.18. The number of aliphatic carboxylic acids is 1. The molecule has 0 aromatic heterocycles. The summed E-state index contributed by atoms with van der Waals surface area (Å²) in [4.78, 5) is 14.0. The Bertz CT molecular complexity index is 283.